The third-order valence-electron chi connectivity index (χ3n) is 4.32. The van der Waals surface area contributed by atoms with Gasteiger partial charge in [-0.15, -0.1) is 0 Å². The summed E-state index contributed by atoms with van der Waals surface area (Å²) in [5.41, 5.74) is 0. The maximum Gasteiger partial charge on any atom is 0.238 e. The lowest BCUT2D eigenvalue weighted by atomic mass is 9.98. The minimum atomic E-state index is -0.0181. The van der Waals surface area contributed by atoms with Gasteiger partial charge in [-0.05, 0) is 31.4 Å². The van der Waals surface area contributed by atoms with Crippen molar-refractivity contribution in [1.29, 1.82) is 0 Å². The summed E-state index contributed by atoms with van der Waals surface area (Å²) in [4.78, 5) is 16.1. The fraction of sp³-hybridized carbons (Fsp3) is 0.611. The van der Waals surface area contributed by atoms with Crippen molar-refractivity contribution in [2.24, 2.45) is 0 Å². The number of nitrogens with one attached hydrogen (secondary N) is 1. The van der Waals surface area contributed by atoms with Crippen LogP contribution in [0.2, 0.25) is 0 Å². The molecular formula is C18H25N3O4. The SMILES string of the molecule is O=C(CCc1nc(-c2ccco2)no1)NCCCOC1CCCCC1. The molecule has 1 aliphatic rings. The average Bonchev–Trinajstić information content (AvgIpc) is 3.32. The molecule has 1 N–H and O–H groups in total. The maximum absolute atomic E-state index is 11.9. The number of hydrogen-bond donors (Lipinski definition) is 1. The lowest BCUT2D eigenvalue weighted by molar-refractivity contribution is -0.121. The van der Waals surface area contributed by atoms with E-state index in [4.69, 9.17) is 13.7 Å². The van der Waals surface area contributed by atoms with Gasteiger partial charge in [0.15, 0.2) is 5.76 Å². The molecule has 1 aliphatic carbocycles. The molecule has 0 atom stereocenters. The summed E-state index contributed by atoms with van der Waals surface area (Å²) in [6, 6.07) is 3.52. The zero-order valence-corrected chi connectivity index (χ0v) is 14.4. The van der Waals surface area contributed by atoms with Crippen molar-refractivity contribution in [3.8, 4) is 11.6 Å². The van der Waals surface area contributed by atoms with Crippen LogP contribution in [0.25, 0.3) is 11.6 Å². The molecule has 0 unspecified atom stereocenters. The third-order valence-corrected chi connectivity index (χ3v) is 4.32. The Morgan fingerprint density at radius 2 is 2.20 bits per heavy atom. The van der Waals surface area contributed by atoms with Crippen molar-refractivity contribution >= 4 is 5.91 Å². The van der Waals surface area contributed by atoms with Crippen LogP contribution in [0.15, 0.2) is 27.3 Å². The van der Waals surface area contributed by atoms with E-state index in [-0.39, 0.29) is 5.91 Å². The molecule has 2 heterocycles. The molecule has 7 heteroatoms. The molecule has 7 nitrogen and oxygen atoms in total. The number of carbonyl (C=O) groups is 1. The molecule has 1 fully saturated rings. The van der Waals surface area contributed by atoms with Crippen LogP contribution in [0.4, 0.5) is 0 Å². The van der Waals surface area contributed by atoms with E-state index in [1.807, 2.05) is 0 Å². The van der Waals surface area contributed by atoms with E-state index in [0.29, 0.717) is 49.6 Å². The predicted molar refractivity (Wildman–Crippen MR) is 90.8 cm³/mol. The first-order chi connectivity index (χ1) is 12.3. The molecule has 0 bridgehead atoms. The molecule has 136 valence electrons. The summed E-state index contributed by atoms with van der Waals surface area (Å²) in [7, 11) is 0. The van der Waals surface area contributed by atoms with Crippen LogP contribution >= 0.6 is 0 Å². The highest BCUT2D eigenvalue weighted by Crippen LogP contribution is 2.20. The van der Waals surface area contributed by atoms with Crippen LogP contribution in [0.1, 0.15) is 50.8 Å². The Balaban J connectivity index is 1.27. The van der Waals surface area contributed by atoms with Gasteiger partial charge >= 0.3 is 0 Å². The van der Waals surface area contributed by atoms with Crippen LogP contribution in [-0.4, -0.2) is 35.3 Å². The second kappa shape index (κ2) is 9.36. The van der Waals surface area contributed by atoms with Crippen molar-refractivity contribution in [3.05, 3.63) is 24.3 Å². The molecule has 0 spiro atoms. The van der Waals surface area contributed by atoms with Crippen molar-refractivity contribution in [3.63, 3.8) is 0 Å². The summed E-state index contributed by atoms with van der Waals surface area (Å²) in [6.07, 6.45) is 9.79. The molecule has 25 heavy (non-hydrogen) atoms. The van der Waals surface area contributed by atoms with Crippen molar-refractivity contribution in [1.82, 2.24) is 15.5 Å². The number of ether oxygens (including phenoxy) is 1. The fourth-order valence-electron chi connectivity index (χ4n) is 2.95. The summed E-state index contributed by atoms with van der Waals surface area (Å²) in [5, 5.41) is 6.74. The van der Waals surface area contributed by atoms with Gasteiger partial charge in [0, 0.05) is 26.0 Å². The average molecular weight is 347 g/mol. The van der Waals surface area contributed by atoms with Crippen LogP contribution in [0.5, 0.6) is 0 Å². The van der Waals surface area contributed by atoms with Crippen molar-refractivity contribution in [2.75, 3.05) is 13.2 Å². The highest BCUT2D eigenvalue weighted by Gasteiger charge is 2.14. The Morgan fingerprint density at radius 1 is 1.32 bits per heavy atom. The molecule has 3 rings (SSSR count). The number of furan rings is 1. The number of hydrogen-bond acceptors (Lipinski definition) is 6. The van der Waals surface area contributed by atoms with E-state index in [1.54, 1.807) is 18.4 Å². The third kappa shape index (κ3) is 5.70. The first-order valence-electron chi connectivity index (χ1n) is 9.06. The van der Waals surface area contributed by atoms with Gasteiger partial charge in [0.05, 0.1) is 12.4 Å². The summed E-state index contributed by atoms with van der Waals surface area (Å²) in [6.45, 7) is 1.34. The van der Waals surface area contributed by atoms with Gasteiger partial charge in [-0.3, -0.25) is 4.79 Å². The van der Waals surface area contributed by atoms with Crippen LogP contribution in [0.3, 0.4) is 0 Å². The first-order valence-corrected chi connectivity index (χ1v) is 9.06. The molecule has 2 aromatic heterocycles. The molecule has 1 amide bonds. The normalized spacial score (nSPS) is 15.4. The zero-order chi connectivity index (χ0) is 17.3. The number of rotatable bonds is 9. The Labute approximate surface area is 147 Å². The molecular weight excluding hydrogens is 322 g/mol. The minimum absolute atomic E-state index is 0.0181. The van der Waals surface area contributed by atoms with Crippen LogP contribution in [0, 0.1) is 0 Å². The number of aromatic nitrogens is 2. The smallest absolute Gasteiger partial charge is 0.238 e. The Bertz CT molecular complexity index is 633. The Morgan fingerprint density at radius 3 is 3.00 bits per heavy atom. The maximum atomic E-state index is 11.9. The van der Waals surface area contributed by atoms with Gasteiger partial charge in [0.1, 0.15) is 0 Å². The van der Waals surface area contributed by atoms with Crippen molar-refractivity contribution in [2.45, 2.75) is 57.5 Å². The fourth-order valence-corrected chi connectivity index (χ4v) is 2.95. The molecule has 0 aliphatic heterocycles. The van der Waals surface area contributed by atoms with E-state index in [1.165, 1.54) is 32.1 Å². The molecule has 0 radical (unpaired) electrons. The zero-order valence-electron chi connectivity index (χ0n) is 14.4. The lowest BCUT2D eigenvalue weighted by Gasteiger charge is -2.21. The molecule has 0 saturated heterocycles. The summed E-state index contributed by atoms with van der Waals surface area (Å²) < 4.78 is 16.2. The molecule has 2 aromatic rings. The number of amides is 1. The van der Waals surface area contributed by atoms with Gasteiger partial charge in [-0.1, -0.05) is 24.4 Å². The van der Waals surface area contributed by atoms with Gasteiger partial charge < -0.3 is 19.0 Å². The highest BCUT2D eigenvalue weighted by molar-refractivity contribution is 5.75. The largest absolute Gasteiger partial charge is 0.461 e. The monoisotopic (exact) mass is 347 g/mol. The van der Waals surface area contributed by atoms with E-state index in [9.17, 15) is 4.79 Å². The second-order valence-corrected chi connectivity index (χ2v) is 6.32. The summed E-state index contributed by atoms with van der Waals surface area (Å²) >= 11 is 0. The quantitative estimate of drug-likeness (QED) is 0.701. The number of carbonyl (C=O) groups excluding carboxylic acids is 1. The molecule has 0 aromatic carbocycles. The van der Waals surface area contributed by atoms with E-state index in [0.717, 1.165) is 6.42 Å². The summed E-state index contributed by atoms with van der Waals surface area (Å²) in [5.74, 6) is 1.37. The number of aryl methyl sites for hydroxylation is 1. The predicted octanol–water partition coefficient (Wildman–Crippen LogP) is 3.12. The Hall–Kier alpha value is -2.15. The van der Waals surface area contributed by atoms with Gasteiger partial charge in [0.25, 0.3) is 0 Å². The van der Waals surface area contributed by atoms with E-state index < -0.39 is 0 Å². The van der Waals surface area contributed by atoms with Crippen LogP contribution in [-0.2, 0) is 16.0 Å². The van der Waals surface area contributed by atoms with E-state index in [2.05, 4.69) is 15.5 Å². The van der Waals surface area contributed by atoms with Crippen LogP contribution < -0.4 is 5.32 Å². The van der Waals surface area contributed by atoms with Gasteiger partial charge in [0.2, 0.25) is 17.6 Å². The minimum Gasteiger partial charge on any atom is -0.461 e. The molecule has 1 saturated carbocycles. The lowest BCUT2D eigenvalue weighted by Crippen LogP contribution is -2.26. The number of nitrogens with zero attached hydrogens (tertiary/aromatic N) is 2. The topological polar surface area (TPSA) is 90.4 Å². The van der Waals surface area contributed by atoms with Crippen molar-refractivity contribution < 1.29 is 18.5 Å². The highest BCUT2D eigenvalue weighted by atomic mass is 16.5. The standard InChI is InChI=1S/C18H25N3O4/c22-16(19-11-5-13-23-14-6-2-1-3-7-14)9-10-17-20-18(21-25-17)15-8-4-12-24-15/h4,8,12,14H,1-3,5-7,9-11,13H2,(H,19,22). The van der Waals surface area contributed by atoms with Gasteiger partial charge in [-0.25, -0.2) is 0 Å². The Kier molecular flexibility index (Phi) is 6.62. The van der Waals surface area contributed by atoms with E-state index >= 15 is 0 Å². The first kappa shape index (κ1) is 17.7. The second-order valence-electron chi connectivity index (χ2n) is 6.32. The van der Waals surface area contributed by atoms with Gasteiger partial charge in [-0.2, -0.15) is 4.98 Å².